The van der Waals surface area contributed by atoms with Crippen molar-refractivity contribution in [3.05, 3.63) is 36.5 Å². The Morgan fingerprint density at radius 2 is 1.69 bits per heavy atom. The number of carbonyl (C=O) groups excluding carboxylic acids is 4. The summed E-state index contributed by atoms with van der Waals surface area (Å²) >= 11 is 0. The summed E-state index contributed by atoms with van der Waals surface area (Å²) in [5.41, 5.74) is -4.41. The first-order valence-corrected chi connectivity index (χ1v) is 20.9. The molecule has 15 heteroatoms. The molecule has 3 aliphatic rings. The molecule has 0 bridgehead atoms. The summed E-state index contributed by atoms with van der Waals surface area (Å²) in [5.74, 6) is -5.79. The Bertz CT molecular complexity index is 1840. The van der Waals surface area contributed by atoms with Crippen LogP contribution in [0.2, 0.25) is 0 Å². The number of amides is 1. The summed E-state index contributed by atoms with van der Waals surface area (Å²) in [5, 5.41) is 12.4. The quantitative estimate of drug-likeness (QED) is 0.242. The standard InChI is InChI=1S/C44H65FN4O10/c1-13-33-44(8)36(49(41(54)59-44)22-16-21-48(11)31-19-20-46-30-18-15-14-17-29(30)31)27(4)34(50)25(2)24-42(6,55-12)38(28(5)37(52)43(7,45)40(53)57-33)58-39-35(51)32(47(9)10)23-26(3)56-39/h14-15,17-20,25-28,32-33,35-36,38-39,51H,13,16,21-24H2,1-12H3/t25-,26-,27+,28+,32+,33-,35-,36-,38-,39+,42+,43+,44-/m1/s1. The minimum Gasteiger partial charge on any atom is -0.455 e. The third-order valence-electron chi connectivity index (χ3n) is 13.1. The molecule has 5 rings (SSSR count). The van der Waals surface area contributed by atoms with Crippen molar-refractivity contribution in [2.75, 3.05) is 46.2 Å². The Hall–Kier alpha value is -3.76. The number of pyridine rings is 1. The van der Waals surface area contributed by atoms with Crippen LogP contribution in [0.1, 0.15) is 81.1 Å². The number of cyclic esters (lactones) is 1. The largest absolute Gasteiger partial charge is 0.455 e. The Kier molecular flexibility index (Phi) is 14.2. The number of likely N-dealkylation sites (N-methyl/N-ethyl adjacent to an activating group) is 1. The van der Waals surface area contributed by atoms with Gasteiger partial charge in [0.25, 0.3) is 5.67 Å². The van der Waals surface area contributed by atoms with E-state index in [4.69, 9.17) is 23.7 Å². The Labute approximate surface area is 348 Å². The van der Waals surface area contributed by atoms with Crippen LogP contribution in [0.15, 0.2) is 36.5 Å². The first-order chi connectivity index (χ1) is 27.6. The molecule has 3 fully saturated rings. The number of Topliss-reactive ketones (excluding diaryl/α,β-unsaturated/α-hetero) is 2. The lowest BCUT2D eigenvalue weighted by molar-refractivity contribution is -0.295. The monoisotopic (exact) mass is 828 g/mol. The topological polar surface area (TPSA) is 157 Å². The Balaban J connectivity index is 1.50. The fraction of sp³-hybridized carbons (Fsp3) is 0.705. The second kappa shape index (κ2) is 18.1. The van der Waals surface area contributed by atoms with Gasteiger partial charge in [-0.3, -0.25) is 14.6 Å². The molecule has 1 N–H and O–H groups in total. The smallest absolute Gasteiger partial charge is 0.410 e. The number of aromatic nitrogens is 1. The van der Waals surface area contributed by atoms with Gasteiger partial charge in [0.15, 0.2) is 17.7 Å². The molecule has 1 amide bonds. The van der Waals surface area contributed by atoms with Crippen molar-refractivity contribution in [2.45, 2.75) is 141 Å². The summed E-state index contributed by atoms with van der Waals surface area (Å²) in [7, 11) is 7.01. The number of para-hydroxylation sites is 1. The van der Waals surface area contributed by atoms with Crippen molar-refractivity contribution in [1.82, 2.24) is 14.8 Å². The predicted octanol–water partition coefficient (Wildman–Crippen LogP) is 5.36. The van der Waals surface area contributed by atoms with Gasteiger partial charge in [-0.05, 0) is 79.6 Å². The number of rotatable bonds is 10. The first-order valence-electron chi connectivity index (χ1n) is 20.9. The molecule has 13 atom stereocenters. The second-order valence-electron chi connectivity index (χ2n) is 17.7. The van der Waals surface area contributed by atoms with Crippen molar-refractivity contribution in [1.29, 1.82) is 0 Å². The van der Waals surface area contributed by atoms with E-state index in [0.29, 0.717) is 19.4 Å². The molecule has 59 heavy (non-hydrogen) atoms. The van der Waals surface area contributed by atoms with Crippen LogP contribution in [0.5, 0.6) is 0 Å². The molecule has 0 spiro atoms. The number of carbonyl (C=O) groups is 4. The summed E-state index contributed by atoms with van der Waals surface area (Å²) in [6.45, 7) is 13.3. The SMILES string of the molecule is CC[C@H]1OC(=O)[C@@](C)(F)C(=O)[C@H](C)[C@@H](O[C@@H]2O[C@H](C)C[C@H](N(C)C)[C@H]2O)[C@@](C)(OC)C[C@@H](C)C(=O)[C@H](C)[C@H]2N(CCCN(C)c3ccnc4ccccc34)C(=O)O[C@]12C. The van der Waals surface area contributed by atoms with Crippen LogP contribution >= 0.6 is 0 Å². The van der Waals surface area contributed by atoms with Gasteiger partial charge in [0.2, 0.25) is 0 Å². The van der Waals surface area contributed by atoms with E-state index < -0.39 is 83.1 Å². The lowest BCUT2D eigenvalue weighted by Crippen LogP contribution is -2.61. The van der Waals surface area contributed by atoms with Crippen LogP contribution in [-0.4, -0.2) is 145 Å². The fourth-order valence-corrected chi connectivity index (χ4v) is 9.72. The van der Waals surface area contributed by atoms with Crippen LogP contribution in [0.4, 0.5) is 14.9 Å². The highest BCUT2D eigenvalue weighted by molar-refractivity contribution is 6.08. The molecule has 3 aliphatic heterocycles. The molecule has 3 saturated heterocycles. The number of ether oxygens (including phenoxy) is 5. The number of benzene rings is 1. The van der Waals surface area contributed by atoms with Gasteiger partial charge in [-0.2, -0.15) is 0 Å². The van der Waals surface area contributed by atoms with Gasteiger partial charge in [-0.15, -0.1) is 0 Å². The number of nitrogens with zero attached hydrogens (tertiary/aromatic N) is 4. The van der Waals surface area contributed by atoms with Crippen molar-refractivity contribution >= 4 is 40.2 Å². The van der Waals surface area contributed by atoms with Gasteiger partial charge in [0.1, 0.15) is 18.0 Å². The van der Waals surface area contributed by atoms with Gasteiger partial charge >= 0.3 is 12.1 Å². The lowest BCUT2D eigenvalue weighted by Gasteiger charge is -2.47. The average molecular weight is 829 g/mol. The number of esters is 1. The molecule has 0 unspecified atom stereocenters. The van der Waals surface area contributed by atoms with E-state index in [0.717, 1.165) is 23.5 Å². The molecule has 14 nitrogen and oxygen atoms in total. The van der Waals surface area contributed by atoms with E-state index in [-0.39, 0.29) is 37.3 Å². The van der Waals surface area contributed by atoms with E-state index in [9.17, 15) is 24.3 Å². The number of alkyl halides is 1. The maximum Gasteiger partial charge on any atom is 0.410 e. The molecule has 328 valence electrons. The van der Waals surface area contributed by atoms with Crippen molar-refractivity contribution in [3.8, 4) is 0 Å². The zero-order chi connectivity index (χ0) is 43.8. The fourth-order valence-electron chi connectivity index (χ4n) is 9.72. The molecule has 0 radical (unpaired) electrons. The summed E-state index contributed by atoms with van der Waals surface area (Å²) in [6.07, 6.45) is -3.14. The number of anilines is 1. The zero-order valence-corrected chi connectivity index (χ0v) is 36.8. The number of hydrogen-bond acceptors (Lipinski definition) is 13. The third kappa shape index (κ3) is 9.00. The number of aliphatic hydroxyl groups excluding tert-OH is 1. The molecule has 1 aromatic heterocycles. The van der Waals surface area contributed by atoms with Crippen molar-refractivity contribution < 1.29 is 52.4 Å². The van der Waals surface area contributed by atoms with E-state index in [1.807, 2.05) is 63.3 Å². The van der Waals surface area contributed by atoms with Gasteiger partial charge in [0.05, 0.1) is 29.4 Å². The van der Waals surface area contributed by atoms with Crippen LogP contribution in [0.25, 0.3) is 10.9 Å². The highest BCUT2D eigenvalue weighted by atomic mass is 19.1. The summed E-state index contributed by atoms with van der Waals surface area (Å²) in [4.78, 5) is 66.8. The number of fused-ring (bicyclic) bond motifs is 2. The minimum absolute atomic E-state index is 0.00197. The van der Waals surface area contributed by atoms with Gasteiger partial charge in [-0.25, -0.2) is 14.0 Å². The molecular weight excluding hydrogens is 763 g/mol. The number of ketones is 2. The molecule has 0 saturated carbocycles. The first kappa shape index (κ1) is 46.3. The third-order valence-corrected chi connectivity index (χ3v) is 13.1. The van der Waals surface area contributed by atoms with Crippen molar-refractivity contribution in [2.24, 2.45) is 17.8 Å². The highest BCUT2D eigenvalue weighted by Crippen LogP contribution is 2.44. The van der Waals surface area contributed by atoms with E-state index in [2.05, 4.69) is 9.88 Å². The Morgan fingerprint density at radius 1 is 1.02 bits per heavy atom. The van der Waals surface area contributed by atoms with E-state index in [1.165, 1.54) is 18.9 Å². The highest BCUT2D eigenvalue weighted by Gasteiger charge is 2.61. The zero-order valence-electron chi connectivity index (χ0n) is 36.8. The number of aliphatic hydroxyl groups is 1. The second-order valence-corrected chi connectivity index (χ2v) is 17.7. The van der Waals surface area contributed by atoms with Gasteiger partial charge in [0, 0.05) is 68.3 Å². The maximum absolute atomic E-state index is 16.9. The Morgan fingerprint density at radius 3 is 2.34 bits per heavy atom. The van der Waals surface area contributed by atoms with Crippen LogP contribution in [0.3, 0.4) is 0 Å². The average Bonchev–Trinajstić information content (AvgIpc) is 3.46. The van der Waals surface area contributed by atoms with Gasteiger partial charge < -0.3 is 43.5 Å². The molecule has 4 heterocycles. The number of methoxy groups -OCH3 is 1. The van der Waals surface area contributed by atoms with E-state index in [1.54, 1.807) is 40.8 Å². The minimum atomic E-state index is -3.18. The number of hydrogen-bond donors (Lipinski definition) is 1. The predicted molar refractivity (Wildman–Crippen MR) is 220 cm³/mol. The van der Waals surface area contributed by atoms with Crippen LogP contribution in [0, 0.1) is 17.8 Å². The van der Waals surface area contributed by atoms with Gasteiger partial charge in [-0.1, -0.05) is 45.9 Å². The molecule has 2 aromatic rings. The normalized spacial score (nSPS) is 37.6. The number of halogens is 1. The van der Waals surface area contributed by atoms with Crippen molar-refractivity contribution in [3.63, 3.8) is 0 Å². The summed E-state index contributed by atoms with van der Waals surface area (Å²) in [6, 6.07) is 8.46. The molecular formula is C44H65FN4O10. The van der Waals surface area contributed by atoms with Crippen LogP contribution in [-0.2, 0) is 38.1 Å². The lowest BCUT2D eigenvalue weighted by atomic mass is 9.73. The van der Waals surface area contributed by atoms with Crippen LogP contribution < -0.4 is 4.90 Å². The molecule has 0 aliphatic carbocycles. The summed E-state index contributed by atoms with van der Waals surface area (Å²) < 4.78 is 47.6. The van der Waals surface area contributed by atoms with E-state index >= 15 is 4.39 Å². The maximum atomic E-state index is 16.9. The molecule has 1 aromatic carbocycles.